The predicted molar refractivity (Wildman–Crippen MR) is 107 cm³/mol. The van der Waals surface area contributed by atoms with Gasteiger partial charge in [0.2, 0.25) is 10.0 Å². The molecule has 152 valence electrons. The lowest BCUT2D eigenvalue weighted by molar-refractivity contribution is 0.411. The average Bonchev–Trinajstić information content (AvgIpc) is 2.69. The molecule has 0 saturated carbocycles. The van der Waals surface area contributed by atoms with E-state index in [0.29, 0.717) is 22.6 Å². The van der Waals surface area contributed by atoms with Gasteiger partial charge in [0.1, 0.15) is 11.6 Å². The molecular weight excluding hydrogens is 397 g/mol. The second-order valence-corrected chi connectivity index (χ2v) is 8.11. The van der Waals surface area contributed by atoms with Crippen LogP contribution in [0.15, 0.2) is 64.5 Å². The summed E-state index contributed by atoms with van der Waals surface area (Å²) in [6, 6.07) is 11.5. The van der Waals surface area contributed by atoms with Gasteiger partial charge in [0, 0.05) is 24.7 Å². The standard InChI is InChI=1S/C20H20FN3O4S/c1-14-11-17(7-8-19(14)28-2)29(26,27)23-9-10-24-13-22-18(12-20(24)25)15-3-5-16(21)6-4-15/h3-8,11-13,23H,9-10H2,1-2H3. The Bertz CT molecular complexity index is 1180. The number of aryl methyl sites for hydroxylation is 1. The smallest absolute Gasteiger partial charge is 0.253 e. The highest BCUT2D eigenvalue weighted by molar-refractivity contribution is 7.89. The first-order chi connectivity index (χ1) is 13.8. The molecule has 0 aliphatic carbocycles. The van der Waals surface area contributed by atoms with Crippen molar-refractivity contribution in [2.45, 2.75) is 18.4 Å². The second kappa shape index (κ2) is 8.54. The van der Waals surface area contributed by atoms with E-state index in [1.165, 1.54) is 60.5 Å². The molecule has 7 nitrogen and oxygen atoms in total. The molecule has 29 heavy (non-hydrogen) atoms. The topological polar surface area (TPSA) is 90.3 Å². The Labute approximate surface area is 167 Å². The van der Waals surface area contributed by atoms with Gasteiger partial charge in [-0.05, 0) is 55.0 Å². The van der Waals surface area contributed by atoms with Crippen LogP contribution in [0.4, 0.5) is 4.39 Å². The molecule has 1 N–H and O–H groups in total. The number of rotatable bonds is 7. The quantitative estimate of drug-likeness (QED) is 0.637. The van der Waals surface area contributed by atoms with Gasteiger partial charge in [-0.1, -0.05) is 0 Å². The molecule has 0 spiro atoms. The molecule has 0 radical (unpaired) electrons. The minimum absolute atomic E-state index is 0.0187. The maximum atomic E-state index is 13.0. The number of benzene rings is 2. The molecule has 3 rings (SSSR count). The van der Waals surface area contributed by atoms with Gasteiger partial charge in [-0.2, -0.15) is 0 Å². The minimum atomic E-state index is -3.72. The molecule has 0 unspecified atom stereocenters. The van der Waals surface area contributed by atoms with Crippen molar-refractivity contribution >= 4 is 10.0 Å². The molecule has 0 aliphatic rings. The number of nitrogens with one attached hydrogen (secondary N) is 1. The zero-order chi connectivity index (χ0) is 21.0. The van der Waals surface area contributed by atoms with Crippen molar-refractivity contribution in [3.63, 3.8) is 0 Å². The lowest BCUT2D eigenvalue weighted by atomic mass is 10.1. The number of nitrogens with zero attached hydrogens (tertiary/aromatic N) is 2. The number of ether oxygens (including phenoxy) is 1. The predicted octanol–water partition coefficient (Wildman–Crippen LogP) is 2.34. The van der Waals surface area contributed by atoms with Crippen LogP contribution in [-0.4, -0.2) is 31.6 Å². The van der Waals surface area contributed by atoms with Crippen molar-refractivity contribution in [2.24, 2.45) is 0 Å². The van der Waals surface area contributed by atoms with Gasteiger partial charge in [0.15, 0.2) is 0 Å². The van der Waals surface area contributed by atoms with Crippen molar-refractivity contribution in [1.82, 2.24) is 14.3 Å². The molecule has 0 amide bonds. The summed E-state index contributed by atoms with van der Waals surface area (Å²) < 4.78 is 46.8. The molecule has 0 aliphatic heterocycles. The molecule has 0 bridgehead atoms. The number of methoxy groups -OCH3 is 1. The van der Waals surface area contributed by atoms with E-state index in [1.54, 1.807) is 13.0 Å². The fourth-order valence-corrected chi connectivity index (χ4v) is 3.88. The third kappa shape index (κ3) is 4.87. The summed E-state index contributed by atoms with van der Waals surface area (Å²) in [4.78, 5) is 16.6. The second-order valence-electron chi connectivity index (χ2n) is 6.34. The van der Waals surface area contributed by atoms with Crippen molar-refractivity contribution in [2.75, 3.05) is 13.7 Å². The van der Waals surface area contributed by atoms with Gasteiger partial charge in [0.05, 0.1) is 24.0 Å². The molecule has 0 atom stereocenters. The largest absolute Gasteiger partial charge is 0.496 e. The Morgan fingerprint density at radius 1 is 1.14 bits per heavy atom. The highest BCUT2D eigenvalue weighted by Gasteiger charge is 2.15. The molecule has 1 aromatic heterocycles. The van der Waals surface area contributed by atoms with Gasteiger partial charge >= 0.3 is 0 Å². The lowest BCUT2D eigenvalue weighted by Crippen LogP contribution is -2.31. The molecule has 0 fully saturated rings. The van der Waals surface area contributed by atoms with E-state index in [4.69, 9.17) is 4.74 Å². The fourth-order valence-electron chi connectivity index (χ4n) is 2.77. The summed E-state index contributed by atoms with van der Waals surface area (Å²) in [6.07, 6.45) is 1.34. The summed E-state index contributed by atoms with van der Waals surface area (Å²) >= 11 is 0. The van der Waals surface area contributed by atoms with E-state index < -0.39 is 10.0 Å². The van der Waals surface area contributed by atoms with E-state index in [-0.39, 0.29) is 29.4 Å². The Morgan fingerprint density at radius 2 is 1.86 bits per heavy atom. The summed E-state index contributed by atoms with van der Waals surface area (Å²) in [5, 5.41) is 0. The van der Waals surface area contributed by atoms with E-state index in [0.717, 1.165) is 0 Å². The van der Waals surface area contributed by atoms with Crippen molar-refractivity contribution < 1.29 is 17.5 Å². The van der Waals surface area contributed by atoms with Crippen LogP contribution in [-0.2, 0) is 16.6 Å². The van der Waals surface area contributed by atoms with Crippen molar-refractivity contribution in [1.29, 1.82) is 0 Å². The SMILES string of the molecule is COc1ccc(S(=O)(=O)NCCn2cnc(-c3ccc(F)cc3)cc2=O)cc1C. The third-order valence-corrected chi connectivity index (χ3v) is 5.80. The van der Waals surface area contributed by atoms with Crippen LogP contribution in [0, 0.1) is 12.7 Å². The summed E-state index contributed by atoms with van der Waals surface area (Å²) in [5.74, 6) is 0.226. The van der Waals surface area contributed by atoms with E-state index in [1.807, 2.05) is 0 Å². The number of hydrogen-bond donors (Lipinski definition) is 1. The first kappa shape index (κ1) is 20.7. The van der Waals surface area contributed by atoms with Gasteiger partial charge in [0.25, 0.3) is 5.56 Å². The Kier molecular flexibility index (Phi) is 6.09. The van der Waals surface area contributed by atoms with Crippen LogP contribution in [0.25, 0.3) is 11.3 Å². The normalized spacial score (nSPS) is 11.4. The zero-order valence-electron chi connectivity index (χ0n) is 15.9. The monoisotopic (exact) mass is 417 g/mol. The first-order valence-corrected chi connectivity index (χ1v) is 10.3. The summed E-state index contributed by atoms with van der Waals surface area (Å²) in [6.45, 7) is 1.89. The summed E-state index contributed by atoms with van der Waals surface area (Å²) in [5.41, 5.74) is 1.40. The van der Waals surface area contributed by atoms with Crippen LogP contribution >= 0.6 is 0 Å². The van der Waals surface area contributed by atoms with Gasteiger partial charge < -0.3 is 4.74 Å². The lowest BCUT2D eigenvalue weighted by Gasteiger charge is -2.11. The van der Waals surface area contributed by atoms with Crippen LogP contribution in [0.3, 0.4) is 0 Å². The van der Waals surface area contributed by atoms with E-state index in [2.05, 4.69) is 9.71 Å². The van der Waals surface area contributed by atoms with Gasteiger partial charge in [-0.15, -0.1) is 0 Å². The number of sulfonamides is 1. The van der Waals surface area contributed by atoms with Crippen LogP contribution in [0.2, 0.25) is 0 Å². The van der Waals surface area contributed by atoms with Crippen LogP contribution in [0.1, 0.15) is 5.56 Å². The van der Waals surface area contributed by atoms with Crippen LogP contribution in [0.5, 0.6) is 5.75 Å². The maximum Gasteiger partial charge on any atom is 0.253 e. The number of halogens is 1. The average molecular weight is 417 g/mol. The molecule has 9 heteroatoms. The molecule has 1 heterocycles. The van der Waals surface area contributed by atoms with E-state index in [9.17, 15) is 17.6 Å². The van der Waals surface area contributed by atoms with Crippen LogP contribution < -0.4 is 15.0 Å². The third-order valence-electron chi connectivity index (χ3n) is 4.34. The Balaban J connectivity index is 1.67. The fraction of sp³-hybridized carbons (Fsp3) is 0.200. The molecule has 2 aromatic carbocycles. The number of aromatic nitrogens is 2. The Morgan fingerprint density at radius 3 is 2.48 bits per heavy atom. The van der Waals surface area contributed by atoms with Gasteiger partial charge in [-0.3, -0.25) is 9.36 Å². The summed E-state index contributed by atoms with van der Waals surface area (Å²) in [7, 11) is -2.21. The molecule has 3 aromatic rings. The Hall–Kier alpha value is -3.04. The number of hydrogen-bond acceptors (Lipinski definition) is 5. The highest BCUT2D eigenvalue weighted by atomic mass is 32.2. The molecule has 0 saturated heterocycles. The van der Waals surface area contributed by atoms with E-state index >= 15 is 0 Å². The molecular formula is C20H20FN3O4S. The zero-order valence-corrected chi connectivity index (χ0v) is 16.7. The van der Waals surface area contributed by atoms with Gasteiger partial charge in [-0.25, -0.2) is 22.5 Å². The van der Waals surface area contributed by atoms with Crippen molar-refractivity contribution in [3.05, 3.63) is 76.6 Å². The highest BCUT2D eigenvalue weighted by Crippen LogP contribution is 2.21. The first-order valence-electron chi connectivity index (χ1n) is 8.77. The maximum absolute atomic E-state index is 13.0. The minimum Gasteiger partial charge on any atom is -0.496 e. The van der Waals surface area contributed by atoms with Crippen molar-refractivity contribution in [3.8, 4) is 17.0 Å².